The van der Waals surface area contributed by atoms with Crippen molar-refractivity contribution in [1.29, 1.82) is 0 Å². The quantitative estimate of drug-likeness (QED) is 0.281. The van der Waals surface area contributed by atoms with Crippen LogP contribution < -0.4 is 56.7 Å². The van der Waals surface area contributed by atoms with E-state index in [1.807, 2.05) is 24.0 Å². The zero-order valence-corrected chi connectivity index (χ0v) is 22.8. The third kappa shape index (κ3) is 7.02. The number of quaternary nitrogens is 3. The summed E-state index contributed by atoms with van der Waals surface area (Å²) < 4.78 is 5.58. The standard InChI is InChI=1S/C25H28N4OS.3ClH.H2O/c1-30-22-10-4-2-8-20(22)28-18-16-27(17-19-28)14-7-15-29-21-9-3-5-11-23(21)31-24-12-6-13-26-25(24)29;;;;/h2-6,8-13H,7,14-19H2,1H3;3*1H;1H2. The number of hydrogen-bond donors (Lipinski definition) is 3. The van der Waals surface area contributed by atoms with E-state index in [-0.39, 0.29) is 42.7 Å². The molecule has 1 fully saturated rings. The monoisotopic (exact) mass is 558 g/mol. The van der Waals surface area contributed by atoms with Crippen molar-refractivity contribution in [3.05, 3.63) is 66.9 Å². The Hall–Kier alpha value is -1.55. The van der Waals surface area contributed by atoms with Gasteiger partial charge in [-0.2, -0.15) is 0 Å². The van der Waals surface area contributed by atoms with Crippen molar-refractivity contribution in [3.8, 4) is 5.75 Å². The largest absolute Gasteiger partial charge is 1.00 e. The Morgan fingerprint density at radius 3 is 2.20 bits per heavy atom. The molecule has 3 heterocycles. The van der Waals surface area contributed by atoms with Crippen LogP contribution in [0.3, 0.4) is 0 Å². The van der Waals surface area contributed by atoms with Gasteiger partial charge in [0.1, 0.15) is 26.2 Å². The van der Waals surface area contributed by atoms with Crippen LogP contribution in [-0.2, 0) is 0 Å². The summed E-state index contributed by atoms with van der Waals surface area (Å²) in [6, 6.07) is 21.5. The van der Waals surface area contributed by atoms with E-state index in [1.165, 1.54) is 57.9 Å². The molecule has 0 aliphatic carbocycles. The van der Waals surface area contributed by atoms with Gasteiger partial charge in [0, 0.05) is 24.8 Å². The van der Waals surface area contributed by atoms with Crippen LogP contribution >= 0.6 is 11.8 Å². The van der Waals surface area contributed by atoms with Crippen LogP contribution in [0, 0.1) is 0 Å². The van der Waals surface area contributed by atoms with E-state index >= 15 is 0 Å². The summed E-state index contributed by atoms with van der Waals surface area (Å²) in [6.45, 7) is 7.06. The Morgan fingerprint density at radius 1 is 0.800 bits per heavy atom. The van der Waals surface area contributed by atoms with Crippen molar-refractivity contribution in [1.82, 2.24) is 4.98 Å². The maximum atomic E-state index is 5.58. The Balaban J connectivity index is 0.00000153. The molecule has 0 radical (unpaired) electrons. The van der Waals surface area contributed by atoms with E-state index in [0.717, 1.165) is 25.4 Å². The number of halogens is 3. The highest BCUT2D eigenvalue weighted by molar-refractivity contribution is 7.99. The molecule has 192 valence electrons. The van der Waals surface area contributed by atoms with Gasteiger partial charge in [-0.05, 0) is 24.3 Å². The molecule has 1 aromatic heterocycles. The molecule has 0 bridgehead atoms. The molecule has 2 aliphatic rings. The number of piperazine rings is 1. The summed E-state index contributed by atoms with van der Waals surface area (Å²) in [7, 11) is 1.77. The maximum absolute atomic E-state index is 5.58. The van der Waals surface area contributed by atoms with Crippen LogP contribution in [0.15, 0.2) is 76.7 Å². The lowest BCUT2D eigenvalue weighted by atomic mass is 10.2. The highest BCUT2D eigenvalue weighted by Crippen LogP contribution is 2.38. The molecule has 3 aromatic rings. The van der Waals surface area contributed by atoms with E-state index in [2.05, 4.69) is 54.6 Å². The zero-order valence-electron chi connectivity index (χ0n) is 19.7. The fourth-order valence-corrected chi connectivity index (χ4v) is 5.98. The number of hydrogen-bond acceptors (Lipinski definition) is 3. The van der Waals surface area contributed by atoms with Crippen LogP contribution in [0.4, 0.5) is 17.2 Å². The van der Waals surface area contributed by atoms with Crippen molar-refractivity contribution in [2.24, 2.45) is 0 Å². The average molecular weight is 560 g/mol. The molecule has 0 spiro atoms. The van der Waals surface area contributed by atoms with Gasteiger partial charge in [0.15, 0.2) is 17.1 Å². The van der Waals surface area contributed by atoms with Crippen molar-refractivity contribution in [2.75, 3.05) is 46.4 Å². The number of ether oxygens (including phenoxy) is 1. The van der Waals surface area contributed by atoms with E-state index in [0.29, 0.717) is 0 Å². The summed E-state index contributed by atoms with van der Waals surface area (Å²) in [5.41, 5.74) is 2.68. The van der Waals surface area contributed by atoms with Gasteiger partial charge in [-0.3, -0.25) is 9.80 Å². The number of pyridine rings is 1. The normalized spacial score (nSPS) is 19.9. The van der Waals surface area contributed by atoms with Gasteiger partial charge in [0.2, 0.25) is 5.82 Å². The minimum atomic E-state index is 0. The van der Waals surface area contributed by atoms with E-state index in [4.69, 9.17) is 9.72 Å². The average Bonchev–Trinajstić information content (AvgIpc) is 2.84. The van der Waals surface area contributed by atoms with Crippen molar-refractivity contribution < 1.29 is 62.1 Å². The lowest BCUT2D eigenvalue weighted by molar-refractivity contribution is -0.987. The Labute approximate surface area is 230 Å². The first-order chi connectivity index (χ1) is 15.3. The topological polar surface area (TPSA) is 66.9 Å². The van der Waals surface area contributed by atoms with Crippen LogP contribution in [0.2, 0.25) is 0 Å². The van der Waals surface area contributed by atoms with Crippen molar-refractivity contribution in [2.45, 2.75) is 16.2 Å². The number of benzene rings is 2. The fourth-order valence-electron chi connectivity index (χ4n) is 4.88. The number of nitrogens with one attached hydrogen (secondary N) is 3. The van der Waals surface area contributed by atoms with E-state index in [9.17, 15) is 0 Å². The van der Waals surface area contributed by atoms with Gasteiger partial charge in [0.05, 0.1) is 30.0 Å². The molecule has 1 unspecified atom stereocenters. The molecular formula is C25H33Cl3N4O2S. The molecule has 1 saturated heterocycles. The Bertz CT molecular complexity index is 1010. The van der Waals surface area contributed by atoms with E-state index in [1.54, 1.807) is 16.9 Å². The molecule has 2 aliphatic heterocycles. The molecule has 10 heteroatoms. The number of para-hydroxylation sites is 3. The zero-order chi connectivity index (χ0) is 21.0. The molecule has 5 rings (SSSR count). The van der Waals surface area contributed by atoms with Crippen molar-refractivity contribution in [3.63, 3.8) is 0 Å². The third-order valence-electron chi connectivity index (χ3n) is 6.49. The minimum Gasteiger partial charge on any atom is -1.00 e. The van der Waals surface area contributed by atoms with Gasteiger partial charge in [-0.25, -0.2) is 4.98 Å². The first-order valence-corrected chi connectivity index (χ1v) is 12.1. The Kier molecular flexibility index (Phi) is 13.4. The molecule has 6 nitrogen and oxygen atoms in total. The molecule has 35 heavy (non-hydrogen) atoms. The SMILES string of the molecule is COc1ccccc1[NH+]1CC[NH+](CCC[NH+]2c3ccccc3Sc3cccnc32)CC1.O.[Cl-].[Cl-].[Cl-]. The molecule has 0 amide bonds. The van der Waals surface area contributed by atoms with Crippen LogP contribution in [0.1, 0.15) is 6.42 Å². The molecule has 0 saturated carbocycles. The minimum absolute atomic E-state index is 0. The van der Waals surface area contributed by atoms with Crippen LogP contribution in [0.25, 0.3) is 0 Å². The van der Waals surface area contributed by atoms with Gasteiger partial charge < -0.3 is 52.3 Å². The predicted octanol–water partition coefficient (Wildman–Crippen LogP) is -8.90. The van der Waals surface area contributed by atoms with Gasteiger partial charge in [0.25, 0.3) is 0 Å². The van der Waals surface area contributed by atoms with Crippen LogP contribution in [-0.4, -0.2) is 56.8 Å². The molecule has 2 aromatic carbocycles. The smallest absolute Gasteiger partial charge is 0.245 e. The number of rotatable bonds is 6. The second kappa shape index (κ2) is 14.9. The first kappa shape index (κ1) is 31.5. The summed E-state index contributed by atoms with van der Waals surface area (Å²) >= 11 is 1.85. The van der Waals surface area contributed by atoms with Gasteiger partial charge >= 0.3 is 0 Å². The summed E-state index contributed by atoms with van der Waals surface area (Å²) in [5.74, 6) is 2.20. The highest BCUT2D eigenvalue weighted by Gasteiger charge is 2.31. The number of aromatic nitrogens is 1. The second-order valence-electron chi connectivity index (χ2n) is 8.33. The number of nitrogens with zero attached hydrogens (tertiary/aromatic N) is 1. The highest BCUT2D eigenvalue weighted by atomic mass is 35.5. The maximum Gasteiger partial charge on any atom is 0.245 e. The number of methoxy groups -OCH3 is 1. The molecular weight excluding hydrogens is 527 g/mol. The lowest BCUT2D eigenvalue weighted by Crippen LogP contribution is -3.26. The summed E-state index contributed by atoms with van der Waals surface area (Å²) in [5, 5.41) is 0. The van der Waals surface area contributed by atoms with Crippen molar-refractivity contribution >= 4 is 29.0 Å². The van der Waals surface area contributed by atoms with Gasteiger partial charge in [-0.1, -0.05) is 36.0 Å². The molecule has 5 N–H and O–H groups in total. The fraction of sp³-hybridized carbons (Fsp3) is 0.320. The predicted molar refractivity (Wildman–Crippen MR) is 127 cm³/mol. The van der Waals surface area contributed by atoms with Crippen LogP contribution in [0.5, 0.6) is 5.75 Å². The number of fused-ring (bicyclic) bond motifs is 2. The Morgan fingerprint density at radius 2 is 1.46 bits per heavy atom. The van der Waals surface area contributed by atoms with Gasteiger partial charge in [-0.15, -0.1) is 0 Å². The summed E-state index contributed by atoms with van der Waals surface area (Å²) in [4.78, 5) is 12.1. The lowest BCUT2D eigenvalue weighted by Gasteiger charge is -2.30. The van der Waals surface area contributed by atoms with E-state index < -0.39 is 0 Å². The first-order valence-electron chi connectivity index (χ1n) is 11.2. The third-order valence-corrected chi connectivity index (χ3v) is 7.62. The molecule has 1 atom stereocenters. The summed E-state index contributed by atoms with van der Waals surface area (Å²) in [6.07, 6.45) is 3.13. The second-order valence-corrected chi connectivity index (χ2v) is 9.42.